The van der Waals surface area contributed by atoms with E-state index in [2.05, 4.69) is 0 Å². The lowest BCUT2D eigenvalue weighted by molar-refractivity contribution is 0.360. The molecule has 1 aliphatic carbocycles. The minimum absolute atomic E-state index is 0.0582. The molecular weight excluding hydrogens is 212 g/mol. The van der Waals surface area contributed by atoms with Gasteiger partial charge >= 0.3 is 0 Å². The molecule has 2 aliphatic heterocycles. The molecule has 3 aliphatic rings. The number of fused-ring (bicyclic) bond motifs is 2. The van der Waals surface area contributed by atoms with Crippen LogP contribution >= 0.6 is 0 Å². The number of hydrogen-bond donors (Lipinski definition) is 1. The van der Waals surface area contributed by atoms with Crippen molar-refractivity contribution in [2.24, 2.45) is 11.7 Å². The smallest absolute Gasteiger partial charge is 0.217 e. The molecule has 2 heterocycles. The van der Waals surface area contributed by atoms with Gasteiger partial charge in [0.2, 0.25) is 10.0 Å². The molecule has 2 saturated heterocycles. The average molecular weight is 230 g/mol. The Hall–Kier alpha value is -0.130. The minimum Gasteiger partial charge on any atom is -0.330 e. The molecule has 0 aromatic carbocycles. The molecule has 3 rings (SSSR count). The van der Waals surface area contributed by atoms with Crippen LogP contribution in [0.2, 0.25) is 0 Å². The van der Waals surface area contributed by atoms with Crippen LogP contribution in [0.25, 0.3) is 0 Å². The van der Waals surface area contributed by atoms with Crippen molar-refractivity contribution >= 4 is 10.0 Å². The summed E-state index contributed by atoms with van der Waals surface area (Å²) in [6.45, 7) is 0.637. The van der Waals surface area contributed by atoms with Crippen LogP contribution in [0.1, 0.15) is 32.1 Å². The van der Waals surface area contributed by atoms with Crippen molar-refractivity contribution in [1.29, 1.82) is 0 Å². The van der Waals surface area contributed by atoms with Gasteiger partial charge in [-0.1, -0.05) is 0 Å². The van der Waals surface area contributed by atoms with E-state index in [4.69, 9.17) is 5.73 Å². The Morgan fingerprint density at radius 2 is 1.93 bits per heavy atom. The first-order valence-electron chi connectivity index (χ1n) is 5.87. The summed E-state index contributed by atoms with van der Waals surface area (Å²) in [5.41, 5.74) is 5.70. The largest absolute Gasteiger partial charge is 0.330 e. The van der Waals surface area contributed by atoms with Crippen molar-refractivity contribution in [2.45, 2.75) is 49.4 Å². The zero-order valence-corrected chi connectivity index (χ0v) is 9.62. The summed E-state index contributed by atoms with van der Waals surface area (Å²) in [4.78, 5) is 0. The fourth-order valence-corrected chi connectivity index (χ4v) is 5.59. The van der Waals surface area contributed by atoms with Crippen LogP contribution in [0.3, 0.4) is 0 Å². The lowest BCUT2D eigenvalue weighted by Crippen LogP contribution is -2.39. The zero-order valence-electron chi connectivity index (χ0n) is 8.80. The van der Waals surface area contributed by atoms with Crippen LogP contribution in [0.15, 0.2) is 0 Å². The van der Waals surface area contributed by atoms with Gasteiger partial charge in [-0.05, 0) is 44.6 Å². The molecule has 1 saturated carbocycles. The van der Waals surface area contributed by atoms with E-state index in [1.165, 1.54) is 0 Å². The van der Waals surface area contributed by atoms with Crippen molar-refractivity contribution in [3.8, 4) is 0 Å². The highest BCUT2D eigenvalue weighted by molar-refractivity contribution is 7.90. The second kappa shape index (κ2) is 3.18. The second-order valence-corrected chi connectivity index (χ2v) is 7.22. The van der Waals surface area contributed by atoms with E-state index in [1.807, 2.05) is 4.31 Å². The molecule has 0 aromatic heterocycles. The maximum atomic E-state index is 12.2. The summed E-state index contributed by atoms with van der Waals surface area (Å²) in [7, 11) is -2.97. The van der Waals surface area contributed by atoms with Crippen LogP contribution in [0.5, 0.6) is 0 Å². The first-order chi connectivity index (χ1) is 7.14. The molecular formula is C10H18N2O2S. The van der Waals surface area contributed by atoms with Gasteiger partial charge in [0.1, 0.15) is 0 Å². The Kier molecular flexibility index (Phi) is 2.13. The third-order valence-electron chi connectivity index (χ3n) is 4.14. The highest BCUT2D eigenvalue weighted by Crippen LogP contribution is 2.46. The first-order valence-corrected chi connectivity index (χ1v) is 7.37. The predicted molar refractivity (Wildman–Crippen MR) is 57.8 cm³/mol. The number of nitrogens with zero attached hydrogens (tertiary/aromatic N) is 1. The van der Waals surface area contributed by atoms with Crippen LogP contribution in [0, 0.1) is 5.92 Å². The van der Waals surface area contributed by atoms with Gasteiger partial charge in [0.25, 0.3) is 0 Å². The molecule has 0 radical (unpaired) electrons. The molecule has 3 atom stereocenters. The van der Waals surface area contributed by atoms with Crippen LogP contribution in [0.4, 0.5) is 0 Å². The SMILES string of the molecule is NCC1CC2CCC1N2S(=O)(=O)C1CC1. The van der Waals surface area contributed by atoms with E-state index in [0.29, 0.717) is 12.5 Å². The van der Waals surface area contributed by atoms with Crippen molar-refractivity contribution in [1.82, 2.24) is 4.31 Å². The normalized spacial score (nSPS) is 41.3. The lowest BCUT2D eigenvalue weighted by Gasteiger charge is -2.23. The van der Waals surface area contributed by atoms with Gasteiger partial charge in [-0.2, -0.15) is 4.31 Å². The maximum Gasteiger partial charge on any atom is 0.217 e. The van der Waals surface area contributed by atoms with E-state index < -0.39 is 10.0 Å². The van der Waals surface area contributed by atoms with E-state index in [9.17, 15) is 8.42 Å². The molecule has 3 fully saturated rings. The molecule has 0 amide bonds. The molecule has 5 heteroatoms. The molecule has 2 N–H and O–H groups in total. The molecule has 2 bridgehead atoms. The molecule has 3 unspecified atom stereocenters. The Morgan fingerprint density at radius 1 is 1.20 bits per heavy atom. The Labute approximate surface area is 90.9 Å². The minimum atomic E-state index is -2.97. The fourth-order valence-electron chi connectivity index (χ4n) is 3.25. The molecule has 0 aromatic rings. The third kappa shape index (κ3) is 1.36. The highest BCUT2D eigenvalue weighted by Gasteiger charge is 2.54. The number of nitrogens with two attached hydrogens (primary N) is 1. The van der Waals surface area contributed by atoms with Gasteiger partial charge in [0.15, 0.2) is 0 Å². The van der Waals surface area contributed by atoms with Crippen LogP contribution in [-0.2, 0) is 10.0 Å². The van der Waals surface area contributed by atoms with Crippen LogP contribution in [-0.4, -0.2) is 36.6 Å². The number of rotatable bonds is 3. The zero-order chi connectivity index (χ0) is 10.6. The molecule has 86 valence electrons. The molecule has 0 spiro atoms. The third-order valence-corrected chi connectivity index (χ3v) is 6.61. The van der Waals surface area contributed by atoms with E-state index >= 15 is 0 Å². The van der Waals surface area contributed by atoms with Gasteiger partial charge in [0.05, 0.1) is 5.25 Å². The summed E-state index contributed by atoms with van der Waals surface area (Å²) >= 11 is 0. The van der Waals surface area contributed by atoms with Gasteiger partial charge in [-0.3, -0.25) is 0 Å². The van der Waals surface area contributed by atoms with Crippen molar-refractivity contribution in [3.63, 3.8) is 0 Å². The maximum absolute atomic E-state index is 12.2. The van der Waals surface area contributed by atoms with Gasteiger partial charge in [-0.15, -0.1) is 0 Å². The Morgan fingerprint density at radius 3 is 2.47 bits per heavy atom. The summed E-state index contributed by atoms with van der Waals surface area (Å²) in [6, 6.07) is 0.500. The number of sulfonamides is 1. The topological polar surface area (TPSA) is 63.4 Å². The first kappa shape index (κ1) is 10.1. The van der Waals surface area contributed by atoms with E-state index in [0.717, 1.165) is 32.1 Å². The fraction of sp³-hybridized carbons (Fsp3) is 1.00. The van der Waals surface area contributed by atoms with Crippen LogP contribution < -0.4 is 5.73 Å². The monoisotopic (exact) mass is 230 g/mol. The second-order valence-electron chi connectivity index (χ2n) is 5.10. The summed E-state index contributed by atoms with van der Waals surface area (Å²) in [6.07, 6.45) is 4.80. The number of hydrogen-bond acceptors (Lipinski definition) is 3. The standard InChI is InChI=1S/C10H18N2O2S/c11-6-7-5-8-1-4-10(7)12(8)15(13,14)9-2-3-9/h7-10H,1-6,11H2. The quantitative estimate of drug-likeness (QED) is 0.758. The summed E-state index contributed by atoms with van der Waals surface area (Å²) in [5, 5.41) is -0.0582. The van der Waals surface area contributed by atoms with Crippen molar-refractivity contribution in [3.05, 3.63) is 0 Å². The summed E-state index contributed by atoms with van der Waals surface area (Å²) < 4.78 is 26.2. The summed E-state index contributed by atoms with van der Waals surface area (Å²) in [5.74, 6) is 0.414. The Balaban J connectivity index is 1.88. The van der Waals surface area contributed by atoms with E-state index in [-0.39, 0.29) is 17.3 Å². The van der Waals surface area contributed by atoms with E-state index in [1.54, 1.807) is 0 Å². The van der Waals surface area contributed by atoms with Crippen molar-refractivity contribution < 1.29 is 8.42 Å². The highest BCUT2D eigenvalue weighted by atomic mass is 32.2. The molecule has 4 nitrogen and oxygen atoms in total. The molecule has 15 heavy (non-hydrogen) atoms. The van der Waals surface area contributed by atoms with Gasteiger partial charge in [-0.25, -0.2) is 8.42 Å². The predicted octanol–water partition coefficient (Wildman–Crippen LogP) is 0.290. The Bertz CT molecular complexity index is 364. The van der Waals surface area contributed by atoms with Crippen molar-refractivity contribution in [2.75, 3.05) is 6.54 Å². The van der Waals surface area contributed by atoms with Gasteiger partial charge < -0.3 is 5.73 Å². The van der Waals surface area contributed by atoms with Gasteiger partial charge in [0, 0.05) is 12.1 Å². The lowest BCUT2D eigenvalue weighted by atomic mass is 9.89. The average Bonchev–Trinajstić information content (AvgIpc) is 2.92.